The van der Waals surface area contributed by atoms with Crippen LogP contribution >= 0.6 is 15.9 Å². The van der Waals surface area contributed by atoms with Crippen LogP contribution in [-0.4, -0.2) is 26.0 Å². The van der Waals surface area contributed by atoms with E-state index in [2.05, 4.69) is 15.9 Å². The van der Waals surface area contributed by atoms with Crippen molar-refractivity contribution in [3.05, 3.63) is 28.2 Å². The van der Waals surface area contributed by atoms with Gasteiger partial charge in [-0.2, -0.15) is 0 Å². The molecule has 1 saturated heterocycles. The van der Waals surface area contributed by atoms with Crippen molar-refractivity contribution in [2.75, 3.05) is 11.5 Å². The summed E-state index contributed by atoms with van der Waals surface area (Å²) in [5.74, 6) is 0.971. The summed E-state index contributed by atoms with van der Waals surface area (Å²) in [7, 11) is -2.93. The number of hydrogen-bond acceptors (Lipinski definition) is 4. The third kappa shape index (κ3) is 3.24. The lowest BCUT2D eigenvalue weighted by Gasteiger charge is -2.18. The van der Waals surface area contributed by atoms with Crippen LogP contribution in [0, 0.1) is 0 Å². The molecule has 0 saturated carbocycles. The Labute approximate surface area is 116 Å². The molecule has 4 nitrogen and oxygen atoms in total. The summed E-state index contributed by atoms with van der Waals surface area (Å²) in [6, 6.07) is 5.49. The Balaban J connectivity index is 2.21. The van der Waals surface area contributed by atoms with Gasteiger partial charge < -0.3 is 10.5 Å². The van der Waals surface area contributed by atoms with E-state index >= 15 is 0 Å². The first-order valence-corrected chi connectivity index (χ1v) is 8.41. The van der Waals surface area contributed by atoms with Crippen molar-refractivity contribution in [2.45, 2.75) is 25.5 Å². The standard InChI is InChI=1S/C12H16BrNO3S/c1-8(14)11-3-2-9(13)6-12(11)17-10-4-5-18(15,16)7-10/h2-3,6,8,10H,4-5,7,14H2,1H3. The van der Waals surface area contributed by atoms with Gasteiger partial charge in [-0.1, -0.05) is 22.0 Å². The predicted octanol–water partition coefficient (Wildman–Crippen LogP) is 2.03. The van der Waals surface area contributed by atoms with E-state index in [0.29, 0.717) is 12.2 Å². The average molecular weight is 334 g/mol. The maximum atomic E-state index is 11.4. The van der Waals surface area contributed by atoms with E-state index in [1.165, 1.54) is 0 Å². The molecule has 1 aliphatic rings. The quantitative estimate of drug-likeness (QED) is 0.918. The number of halogens is 1. The van der Waals surface area contributed by atoms with Crippen LogP contribution in [0.25, 0.3) is 0 Å². The first kappa shape index (κ1) is 13.8. The summed E-state index contributed by atoms with van der Waals surface area (Å²) in [6.07, 6.45) is 0.287. The minimum Gasteiger partial charge on any atom is -0.489 e. The van der Waals surface area contributed by atoms with Crippen LogP contribution in [0.15, 0.2) is 22.7 Å². The Morgan fingerprint density at radius 2 is 2.22 bits per heavy atom. The fourth-order valence-corrected chi connectivity index (χ4v) is 3.95. The van der Waals surface area contributed by atoms with Crippen LogP contribution in [0.5, 0.6) is 5.75 Å². The van der Waals surface area contributed by atoms with Crippen LogP contribution in [-0.2, 0) is 9.84 Å². The van der Waals surface area contributed by atoms with Gasteiger partial charge in [0.1, 0.15) is 11.9 Å². The molecule has 2 N–H and O–H groups in total. The second-order valence-corrected chi connectivity index (χ2v) is 7.76. The highest BCUT2D eigenvalue weighted by atomic mass is 79.9. The zero-order valence-corrected chi connectivity index (χ0v) is 12.5. The van der Waals surface area contributed by atoms with Gasteiger partial charge in [-0.3, -0.25) is 0 Å². The minimum atomic E-state index is -2.93. The summed E-state index contributed by atoms with van der Waals surface area (Å²) in [4.78, 5) is 0. The van der Waals surface area contributed by atoms with E-state index in [0.717, 1.165) is 10.0 Å². The summed E-state index contributed by atoms with van der Waals surface area (Å²) in [6.45, 7) is 1.88. The Bertz CT molecular complexity index is 542. The highest BCUT2D eigenvalue weighted by Gasteiger charge is 2.30. The van der Waals surface area contributed by atoms with E-state index < -0.39 is 9.84 Å². The Morgan fingerprint density at radius 3 is 2.78 bits per heavy atom. The van der Waals surface area contributed by atoms with Gasteiger partial charge in [0, 0.05) is 16.1 Å². The molecular weight excluding hydrogens is 318 g/mol. The molecule has 0 spiro atoms. The van der Waals surface area contributed by atoms with Gasteiger partial charge >= 0.3 is 0 Å². The molecule has 1 fully saturated rings. The van der Waals surface area contributed by atoms with Crippen molar-refractivity contribution >= 4 is 25.8 Å². The molecule has 2 rings (SSSR count). The molecule has 1 aliphatic heterocycles. The highest BCUT2D eigenvalue weighted by molar-refractivity contribution is 9.10. The Morgan fingerprint density at radius 1 is 1.50 bits per heavy atom. The third-order valence-electron chi connectivity index (χ3n) is 2.95. The maximum absolute atomic E-state index is 11.4. The van der Waals surface area contributed by atoms with Crippen molar-refractivity contribution in [2.24, 2.45) is 5.73 Å². The van der Waals surface area contributed by atoms with E-state index in [9.17, 15) is 8.42 Å². The lowest BCUT2D eigenvalue weighted by atomic mass is 10.1. The fourth-order valence-electron chi connectivity index (χ4n) is 2.02. The molecule has 100 valence electrons. The van der Waals surface area contributed by atoms with Crippen LogP contribution in [0.3, 0.4) is 0 Å². The predicted molar refractivity (Wildman–Crippen MR) is 74.4 cm³/mol. The van der Waals surface area contributed by atoms with Crippen LogP contribution in [0.2, 0.25) is 0 Å². The molecule has 0 amide bonds. The molecular formula is C12H16BrNO3S. The largest absolute Gasteiger partial charge is 0.489 e. The number of rotatable bonds is 3. The van der Waals surface area contributed by atoms with Gasteiger partial charge in [0.15, 0.2) is 9.84 Å². The van der Waals surface area contributed by atoms with Crippen molar-refractivity contribution in [3.63, 3.8) is 0 Å². The molecule has 0 bridgehead atoms. The van der Waals surface area contributed by atoms with Crippen molar-refractivity contribution in [3.8, 4) is 5.75 Å². The summed E-state index contributed by atoms with van der Waals surface area (Å²) >= 11 is 3.38. The van der Waals surface area contributed by atoms with Crippen LogP contribution in [0.1, 0.15) is 24.9 Å². The third-order valence-corrected chi connectivity index (χ3v) is 5.18. The van der Waals surface area contributed by atoms with Gasteiger partial charge in [-0.05, 0) is 25.5 Å². The van der Waals surface area contributed by atoms with E-state index in [-0.39, 0.29) is 23.7 Å². The van der Waals surface area contributed by atoms with Gasteiger partial charge in [-0.15, -0.1) is 0 Å². The summed E-state index contributed by atoms with van der Waals surface area (Å²) < 4.78 is 29.5. The number of ether oxygens (including phenoxy) is 1. The minimum absolute atomic E-state index is 0.0951. The molecule has 1 aromatic carbocycles. The highest BCUT2D eigenvalue weighted by Crippen LogP contribution is 2.30. The first-order valence-electron chi connectivity index (χ1n) is 5.79. The number of sulfone groups is 1. The Kier molecular flexibility index (Phi) is 3.99. The number of benzene rings is 1. The van der Waals surface area contributed by atoms with Gasteiger partial charge in [0.05, 0.1) is 11.5 Å². The fraction of sp³-hybridized carbons (Fsp3) is 0.500. The average Bonchev–Trinajstić information content (AvgIpc) is 2.57. The smallest absolute Gasteiger partial charge is 0.154 e. The van der Waals surface area contributed by atoms with Crippen molar-refractivity contribution in [1.82, 2.24) is 0 Å². The molecule has 2 unspecified atom stereocenters. The summed E-state index contributed by atoms with van der Waals surface area (Å²) in [5, 5.41) is 0. The topological polar surface area (TPSA) is 69.4 Å². The summed E-state index contributed by atoms with van der Waals surface area (Å²) in [5.41, 5.74) is 6.77. The Hall–Kier alpha value is -0.590. The zero-order chi connectivity index (χ0) is 13.3. The SMILES string of the molecule is CC(N)c1ccc(Br)cc1OC1CCS(=O)(=O)C1. The van der Waals surface area contributed by atoms with Crippen molar-refractivity contribution < 1.29 is 13.2 Å². The number of hydrogen-bond donors (Lipinski definition) is 1. The second kappa shape index (κ2) is 5.19. The second-order valence-electron chi connectivity index (χ2n) is 4.61. The lowest BCUT2D eigenvalue weighted by molar-refractivity contribution is 0.225. The van der Waals surface area contributed by atoms with Gasteiger partial charge in [0.2, 0.25) is 0 Å². The van der Waals surface area contributed by atoms with Crippen molar-refractivity contribution in [1.29, 1.82) is 0 Å². The van der Waals surface area contributed by atoms with Crippen LogP contribution < -0.4 is 10.5 Å². The molecule has 1 heterocycles. The zero-order valence-electron chi connectivity index (χ0n) is 10.1. The van der Waals surface area contributed by atoms with E-state index in [1.807, 2.05) is 25.1 Å². The lowest BCUT2D eigenvalue weighted by Crippen LogP contribution is -2.19. The normalized spacial score (nSPS) is 23.8. The van der Waals surface area contributed by atoms with E-state index in [4.69, 9.17) is 10.5 Å². The van der Waals surface area contributed by atoms with E-state index in [1.54, 1.807) is 0 Å². The molecule has 2 atom stereocenters. The molecule has 18 heavy (non-hydrogen) atoms. The maximum Gasteiger partial charge on any atom is 0.154 e. The first-order chi connectivity index (χ1) is 8.37. The van der Waals surface area contributed by atoms with Gasteiger partial charge in [-0.25, -0.2) is 8.42 Å². The monoisotopic (exact) mass is 333 g/mol. The molecule has 6 heteroatoms. The molecule has 0 aromatic heterocycles. The molecule has 0 radical (unpaired) electrons. The van der Waals surface area contributed by atoms with Gasteiger partial charge in [0.25, 0.3) is 0 Å². The number of nitrogens with two attached hydrogens (primary N) is 1. The molecule has 1 aromatic rings. The molecule has 0 aliphatic carbocycles. The van der Waals surface area contributed by atoms with Crippen LogP contribution in [0.4, 0.5) is 0 Å².